The standard InChI is InChI=1S/C11H15N3O3S/c1-17-11-7-14-9(6-10(11)12)5-8(13-14)3-4-18(2,15)16/h5-7H,3-4,12H2,1-2H3. The Morgan fingerprint density at radius 1 is 1.44 bits per heavy atom. The van der Waals surface area contributed by atoms with E-state index in [1.165, 1.54) is 13.4 Å². The molecule has 2 N–H and O–H groups in total. The lowest BCUT2D eigenvalue weighted by atomic mass is 10.3. The van der Waals surface area contributed by atoms with Gasteiger partial charge in [0.1, 0.15) is 9.84 Å². The number of methoxy groups -OCH3 is 1. The van der Waals surface area contributed by atoms with E-state index in [2.05, 4.69) is 5.10 Å². The number of sulfone groups is 1. The molecule has 2 heterocycles. The van der Waals surface area contributed by atoms with Crippen molar-refractivity contribution in [2.75, 3.05) is 24.9 Å². The quantitative estimate of drug-likeness (QED) is 0.874. The molecule has 0 spiro atoms. The number of ether oxygens (including phenoxy) is 1. The predicted molar refractivity (Wildman–Crippen MR) is 69.6 cm³/mol. The van der Waals surface area contributed by atoms with Crippen LogP contribution >= 0.6 is 0 Å². The zero-order chi connectivity index (χ0) is 13.3. The fourth-order valence-electron chi connectivity index (χ4n) is 1.67. The average Bonchev–Trinajstić information content (AvgIpc) is 2.66. The largest absolute Gasteiger partial charge is 0.493 e. The molecule has 2 aromatic heterocycles. The number of nitrogens with zero attached hydrogens (tertiary/aromatic N) is 2. The van der Waals surface area contributed by atoms with Crippen molar-refractivity contribution in [1.29, 1.82) is 0 Å². The van der Waals surface area contributed by atoms with Crippen molar-refractivity contribution >= 4 is 21.0 Å². The highest BCUT2D eigenvalue weighted by Gasteiger charge is 2.09. The number of hydrogen-bond donors (Lipinski definition) is 1. The van der Waals surface area contributed by atoms with Gasteiger partial charge < -0.3 is 10.5 Å². The Kier molecular flexibility index (Phi) is 3.16. The minimum absolute atomic E-state index is 0.0868. The van der Waals surface area contributed by atoms with Gasteiger partial charge in [0.05, 0.1) is 36.0 Å². The lowest BCUT2D eigenvalue weighted by Crippen LogP contribution is -2.06. The number of aryl methyl sites for hydroxylation is 1. The number of aromatic nitrogens is 2. The highest BCUT2D eigenvalue weighted by atomic mass is 32.2. The Hall–Kier alpha value is -1.76. The number of nitrogens with two attached hydrogens (primary N) is 1. The molecule has 0 bridgehead atoms. The summed E-state index contributed by atoms with van der Waals surface area (Å²) in [5, 5.41) is 4.28. The second-order valence-corrected chi connectivity index (χ2v) is 6.44. The van der Waals surface area contributed by atoms with Gasteiger partial charge in [0.25, 0.3) is 0 Å². The third kappa shape index (κ3) is 2.73. The molecule has 2 rings (SSSR count). The summed E-state index contributed by atoms with van der Waals surface area (Å²) in [5.41, 5.74) is 7.85. The van der Waals surface area contributed by atoms with Crippen molar-refractivity contribution in [3.63, 3.8) is 0 Å². The first kappa shape index (κ1) is 12.7. The minimum Gasteiger partial charge on any atom is -0.493 e. The molecule has 2 aromatic rings. The van der Waals surface area contributed by atoms with Crippen LogP contribution in [0.1, 0.15) is 5.69 Å². The van der Waals surface area contributed by atoms with E-state index in [0.29, 0.717) is 23.6 Å². The average molecular weight is 269 g/mol. The SMILES string of the molecule is COc1cn2nc(CCS(C)(=O)=O)cc2cc1N. The van der Waals surface area contributed by atoms with Crippen LogP contribution in [0.15, 0.2) is 18.3 Å². The molecular weight excluding hydrogens is 254 g/mol. The second-order valence-electron chi connectivity index (χ2n) is 4.18. The monoisotopic (exact) mass is 269 g/mol. The van der Waals surface area contributed by atoms with Crippen molar-refractivity contribution < 1.29 is 13.2 Å². The Bertz CT molecular complexity index is 676. The van der Waals surface area contributed by atoms with E-state index >= 15 is 0 Å². The first-order valence-corrected chi connectivity index (χ1v) is 7.44. The Balaban J connectivity index is 2.33. The van der Waals surface area contributed by atoms with Crippen LogP contribution in [0.4, 0.5) is 5.69 Å². The summed E-state index contributed by atoms with van der Waals surface area (Å²) in [7, 11) is -1.45. The van der Waals surface area contributed by atoms with Crippen LogP contribution in [0.3, 0.4) is 0 Å². The van der Waals surface area contributed by atoms with E-state index in [1.54, 1.807) is 16.8 Å². The van der Waals surface area contributed by atoms with Gasteiger partial charge in [-0.1, -0.05) is 0 Å². The van der Waals surface area contributed by atoms with Crippen LogP contribution in [0, 0.1) is 0 Å². The topological polar surface area (TPSA) is 86.7 Å². The molecule has 0 atom stereocenters. The van der Waals surface area contributed by atoms with Crippen LogP contribution in [-0.4, -0.2) is 37.2 Å². The third-order valence-corrected chi connectivity index (χ3v) is 3.54. The van der Waals surface area contributed by atoms with E-state index in [9.17, 15) is 8.42 Å². The molecule has 6 nitrogen and oxygen atoms in total. The number of hydrogen-bond acceptors (Lipinski definition) is 5. The van der Waals surface area contributed by atoms with E-state index in [0.717, 1.165) is 5.52 Å². The summed E-state index contributed by atoms with van der Waals surface area (Å²) in [5.74, 6) is 0.629. The van der Waals surface area contributed by atoms with Gasteiger partial charge in [0, 0.05) is 12.7 Å². The summed E-state index contributed by atoms with van der Waals surface area (Å²) < 4.78 is 28.9. The lowest BCUT2D eigenvalue weighted by molar-refractivity contribution is 0.414. The number of anilines is 1. The van der Waals surface area contributed by atoms with Crippen LogP contribution < -0.4 is 10.5 Å². The first-order valence-electron chi connectivity index (χ1n) is 5.38. The van der Waals surface area contributed by atoms with Crippen LogP contribution in [0.5, 0.6) is 5.75 Å². The van der Waals surface area contributed by atoms with Gasteiger partial charge in [-0.15, -0.1) is 0 Å². The van der Waals surface area contributed by atoms with Gasteiger partial charge in [-0.25, -0.2) is 12.9 Å². The molecule has 0 aromatic carbocycles. The van der Waals surface area contributed by atoms with Gasteiger partial charge >= 0.3 is 0 Å². The summed E-state index contributed by atoms with van der Waals surface area (Å²) >= 11 is 0. The van der Waals surface area contributed by atoms with Crippen molar-refractivity contribution in [3.8, 4) is 5.75 Å². The summed E-state index contributed by atoms with van der Waals surface area (Å²) in [6, 6.07) is 3.57. The number of nitrogen functional groups attached to an aromatic ring is 1. The maximum Gasteiger partial charge on any atom is 0.160 e. The molecule has 98 valence electrons. The summed E-state index contributed by atoms with van der Waals surface area (Å²) in [4.78, 5) is 0. The molecule has 0 aliphatic heterocycles. The third-order valence-electron chi connectivity index (χ3n) is 2.59. The molecule has 18 heavy (non-hydrogen) atoms. The molecule has 0 amide bonds. The summed E-state index contributed by atoms with van der Waals surface area (Å²) in [6.45, 7) is 0. The smallest absolute Gasteiger partial charge is 0.160 e. The predicted octanol–water partition coefficient (Wildman–Crippen LogP) is 0.512. The van der Waals surface area contributed by atoms with E-state index in [1.807, 2.05) is 6.07 Å². The molecule has 0 saturated heterocycles. The van der Waals surface area contributed by atoms with Crippen molar-refractivity contribution in [1.82, 2.24) is 9.61 Å². The molecule has 0 aliphatic carbocycles. The van der Waals surface area contributed by atoms with Gasteiger partial charge in [0.2, 0.25) is 0 Å². The van der Waals surface area contributed by atoms with Crippen LogP contribution in [-0.2, 0) is 16.3 Å². The zero-order valence-corrected chi connectivity index (χ0v) is 11.1. The first-order chi connectivity index (χ1) is 8.39. The number of fused-ring (bicyclic) bond motifs is 1. The molecule has 0 fully saturated rings. The molecule has 0 saturated carbocycles. The highest BCUT2D eigenvalue weighted by molar-refractivity contribution is 7.90. The minimum atomic E-state index is -2.98. The van der Waals surface area contributed by atoms with E-state index in [-0.39, 0.29) is 5.75 Å². The zero-order valence-electron chi connectivity index (χ0n) is 10.3. The second kappa shape index (κ2) is 4.49. The Morgan fingerprint density at radius 3 is 2.78 bits per heavy atom. The Labute approximate surface area is 105 Å². The Morgan fingerprint density at radius 2 is 2.17 bits per heavy atom. The molecule has 0 unspecified atom stereocenters. The highest BCUT2D eigenvalue weighted by Crippen LogP contribution is 2.22. The molecule has 7 heteroatoms. The number of pyridine rings is 1. The molecule has 0 radical (unpaired) electrons. The van der Waals surface area contributed by atoms with E-state index < -0.39 is 9.84 Å². The van der Waals surface area contributed by atoms with Gasteiger partial charge in [-0.2, -0.15) is 5.10 Å². The van der Waals surface area contributed by atoms with Crippen LogP contribution in [0.2, 0.25) is 0 Å². The van der Waals surface area contributed by atoms with Gasteiger partial charge in [-0.05, 0) is 12.1 Å². The summed E-state index contributed by atoms with van der Waals surface area (Å²) in [6.07, 6.45) is 3.28. The van der Waals surface area contributed by atoms with Gasteiger partial charge in [-0.3, -0.25) is 0 Å². The van der Waals surface area contributed by atoms with Gasteiger partial charge in [0.15, 0.2) is 5.75 Å². The maximum absolute atomic E-state index is 11.1. The fourth-order valence-corrected chi connectivity index (χ4v) is 2.25. The fraction of sp³-hybridized carbons (Fsp3) is 0.364. The normalized spacial score (nSPS) is 11.9. The van der Waals surface area contributed by atoms with Crippen molar-refractivity contribution in [2.45, 2.75) is 6.42 Å². The lowest BCUT2D eigenvalue weighted by Gasteiger charge is -2.03. The van der Waals surface area contributed by atoms with Crippen LogP contribution in [0.25, 0.3) is 5.52 Å². The van der Waals surface area contributed by atoms with Crippen molar-refractivity contribution in [3.05, 3.63) is 24.0 Å². The molecule has 0 aliphatic rings. The maximum atomic E-state index is 11.1. The van der Waals surface area contributed by atoms with Crippen molar-refractivity contribution in [2.24, 2.45) is 0 Å². The molecular formula is C11H15N3O3S. The number of rotatable bonds is 4. The van der Waals surface area contributed by atoms with E-state index in [4.69, 9.17) is 10.5 Å².